The van der Waals surface area contributed by atoms with Crippen molar-refractivity contribution in [1.82, 2.24) is 24.0 Å². The molecule has 0 aliphatic rings. The number of anilines is 1. The number of Topliss-reactive ketones (excluding diaryl/α,β-unsaturated/α-hetero) is 1. The number of ketones is 1. The number of nitrogens with two attached hydrogens (primary N) is 2. The molecular weight excluding hydrogens is 466 g/mol. The smallest absolute Gasteiger partial charge is 0.332 e. The maximum Gasteiger partial charge on any atom is 0.332 e. The Morgan fingerprint density at radius 2 is 1.80 bits per heavy atom. The normalized spacial score (nSPS) is 11.4. The summed E-state index contributed by atoms with van der Waals surface area (Å²) in [5.74, 6) is 6.10. The Labute approximate surface area is 205 Å². The molecule has 4 N–H and O–H groups in total. The summed E-state index contributed by atoms with van der Waals surface area (Å²) >= 11 is 1.06. The van der Waals surface area contributed by atoms with E-state index >= 15 is 0 Å². The molecule has 4 aromatic rings. The fraction of sp³-hybridized carbons (Fsp3) is 0.292. The molecule has 0 atom stereocenters. The van der Waals surface area contributed by atoms with Crippen LogP contribution in [0.25, 0.3) is 10.8 Å². The van der Waals surface area contributed by atoms with E-state index in [1.165, 1.54) is 16.3 Å². The maximum atomic E-state index is 13.0. The van der Waals surface area contributed by atoms with Gasteiger partial charge >= 0.3 is 5.69 Å². The van der Waals surface area contributed by atoms with Gasteiger partial charge in [0.2, 0.25) is 5.16 Å². The van der Waals surface area contributed by atoms with E-state index in [4.69, 9.17) is 11.6 Å². The Bertz CT molecular complexity index is 1530. The first kappa shape index (κ1) is 24.3. The lowest BCUT2D eigenvalue weighted by molar-refractivity contribution is 0.102. The molecule has 0 bridgehead atoms. The molecule has 182 valence electrons. The van der Waals surface area contributed by atoms with Crippen LogP contribution in [-0.4, -0.2) is 35.5 Å². The second-order valence-electron chi connectivity index (χ2n) is 8.71. The number of carbonyl (C=O) groups is 1. The number of thioether (sulfide) groups is 1. The minimum absolute atomic E-state index is 0.0979. The average molecular weight is 494 g/mol. The number of rotatable bonds is 8. The van der Waals surface area contributed by atoms with Gasteiger partial charge in [0.25, 0.3) is 5.56 Å². The number of aromatic nitrogens is 5. The number of nitrogens with zero attached hydrogens (tertiary/aromatic N) is 5. The van der Waals surface area contributed by atoms with E-state index in [0.29, 0.717) is 23.9 Å². The monoisotopic (exact) mass is 493 g/mol. The third-order valence-electron chi connectivity index (χ3n) is 5.71. The molecule has 0 radical (unpaired) electrons. The van der Waals surface area contributed by atoms with Crippen LogP contribution in [0.4, 0.5) is 5.82 Å². The number of hydrogen-bond donors (Lipinski definition) is 2. The zero-order valence-electron chi connectivity index (χ0n) is 19.8. The summed E-state index contributed by atoms with van der Waals surface area (Å²) < 4.78 is 3.52. The van der Waals surface area contributed by atoms with Crippen molar-refractivity contribution in [3.05, 3.63) is 80.3 Å². The molecule has 4 rings (SSSR count). The summed E-state index contributed by atoms with van der Waals surface area (Å²) in [5.41, 5.74) is 5.67. The lowest BCUT2D eigenvalue weighted by atomic mass is 10.0. The van der Waals surface area contributed by atoms with Crippen LogP contribution in [0, 0.1) is 5.92 Å². The summed E-state index contributed by atoms with van der Waals surface area (Å²) in [7, 11) is 1.33. The van der Waals surface area contributed by atoms with Crippen molar-refractivity contribution >= 4 is 34.1 Å². The van der Waals surface area contributed by atoms with Gasteiger partial charge in [-0.05, 0) is 22.3 Å². The molecule has 10 nitrogen and oxygen atoms in total. The maximum absolute atomic E-state index is 13.0. The van der Waals surface area contributed by atoms with Crippen molar-refractivity contribution in [3.8, 4) is 0 Å². The van der Waals surface area contributed by atoms with Crippen molar-refractivity contribution in [2.45, 2.75) is 32.0 Å². The Kier molecular flexibility index (Phi) is 6.79. The van der Waals surface area contributed by atoms with E-state index in [9.17, 15) is 14.4 Å². The summed E-state index contributed by atoms with van der Waals surface area (Å²) in [6.07, 6.45) is 0.465. The summed E-state index contributed by atoms with van der Waals surface area (Å²) in [4.78, 5) is 38.1. The molecule has 2 heterocycles. The van der Waals surface area contributed by atoms with Gasteiger partial charge < -0.3 is 11.6 Å². The molecule has 0 unspecified atom stereocenters. The molecule has 2 aromatic carbocycles. The van der Waals surface area contributed by atoms with Gasteiger partial charge in [0, 0.05) is 20.0 Å². The van der Waals surface area contributed by atoms with E-state index in [-0.39, 0.29) is 23.1 Å². The van der Waals surface area contributed by atoms with E-state index in [0.717, 1.165) is 32.7 Å². The van der Waals surface area contributed by atoms with Gasteiger partial charge in [-0.25, -0.2) is 9.47 Å². The first-order chi connectivity index (χ1) is 16.7. The quantitative estimate of drug-likeness (QED) is 0.215. The van der Waals surface area contributed by atoms with E-state index in [2.05, 4.69) is 10.2 Å². The van der Waals surface area contributed by atoms with Crippen LogP contribution >= 0.6 is 11.8 Å². The predicted molar refractivity (Wildman–Crippen MR) is 137 cm³/mol. The molecule has 0 aliphatic carbocycles. The Morgan fingerprint density at radius 3 is 2.54 bits per heavy atom. The van der Waals surface area contributed by atoms with Crippen LogP contribution in [0.2, 0.25) is 0 Å². The summed E-state index contributed by atoms with van der Waals surface area (Å²) in [6, 6.07) is 14.1. The van der Waals surface area contributed by atoms with Crippen molar-refractivity contribution in [2.24, 2.45) is 13.0 Å². The molecule has 35 heavy (non-hydrogen) atoms. The third kappa shape index (κ3) is 4.72. The number of nitrogen functional groups attached to an aromatic ring is 2. The van der Waals surface area contributed by atoms with Crippen LogP contribution in [0.3, 0.4) is 0 Å². The van der Waals surface area contributed by atoms with Gasteiger partial charge in [0.05, 0.1) is 5.75 Å². The Balaban J connectivity index is 1.55. The van der Waals surface area contributed by atoms with Crippen LogP contribution < -0.4 is 22.8 Å². The lowest BCUT2D eigenvalue weighted by Crippen LogP contribution is -2.43. The van der Waals surface area contributed by atoms with Crippen LogP contribution in [-0.2, 0) is 20.0 Å². The molecule has 0 amide bonds. The second-order valence-corrected chi connectivity index (χ2v) is 9.65. The third-order valence-corrected chi connectivity index (χ3v) is 6.65. The Morgan fingerprint density at radius 1 is 1.09 bits per heavy atom. The first-order valence-corrected chi connectivity index (χ1v) is 12.1. The van der Waals surface area contributed by atoms with Gasteiger partial charge in [0.15, 0.2) is 11.6 Å². The van der Waals surface area contributed by atoms with E-state index in [1.54, 1.807) is 0 Å². The fourth-order valence-corrected chi connectivity index (χ4v) is 4.68. The molecule has 0 aliphatic heterocycles. The number of benzene rings is 2. The average Bonchev–Trinajstić information content (AvgIpc) is 3.18. The standard InChI is InChI=1S/C24H27N7O3S/c1-14(2)12-30-21(25)20(22(33)29(3)24(30)34)18(32)13-35-23-28-27-19(31(23)26)11-16-9-6-8-15-7-4-5-10-17(15)16/h4-10,14H,11-13,25-26H2,1-3H3. The van der Waals surface area contributed by atoms with Crippen molar-refractivity contribution in [2.75, 3.05) is 17.3 Å². The second kappa shape index (κ2) is 9.79. The van der Waals surface area contributed by atoms with Crippen LogP contribution in [0.15, 0.2) is 57.2 Å². The first-order valence-electron chi connectivity index (χ1n) is 11.1. The zero-order valence-corrected chi connectivity index (χ0v) is 20.6. The molecule has 11 heteroatoms. The molecule has 0 saturated carbocycles. The molecule has 2 aromatic heterocycles. The minimum atomic E-state index is -0.719. The highest BCUT2D eigenvalue weighted by molar-refractivity contribution is 7.99. The lowest BCUT2D eigenvalue weighted by Gasteiger charge is -2.16. The molecule has 0 saturated heterocycles. The summed E-state index contributed by atoms with van der Waals surface area (Å²) in [6.45, 7) is 4.12. The van der Waals surface area contributed by atoms with Crippen molar-refractivity contribution < 1.29 is 4.79 Å². The van der Waals surface area contributed by atoms with Crippen LogP contribution in [0.5, 0.6) is 0 Å². The Hall–Kier alpha value is -3.86. The topological polar surface area (TPSA) is 144 Å². The predicted octanol–water partition coefficient (Wildman–Crippen LogP) is 1.81. The molecule has 0 fully saturated rings. The van der Waals surface area contributed by atoms with Gasteiger partial charge in [-0.2, -0.15) is 0 Å². The van der Waals surface area contributed by atoms with Gasteiger partial charge in [-0.15, -0.1) is 10.2 Å². The van der Waals surface area contributed by atoms with E-state index < -0.39 is 17.0 Å². The number of hydrogen-bond acceptors (Lipinski definition) is 8. The fourth-order valence-electron chi connectivity index (χ4n) is 3.93. The number of fused-ring (bicyclic) bond motifs is 1. The van der Waals surface area contributed by atoms with Gasteiger partial charge in [-0.1, -0.05) is 68.1 Å². The molecular formula is C24H27N7O3S. The van der Waals surface area contributed by atoms with Gasteiger partial charge in [0.1, 0.15) is 11.4 Å². The SMILES string of the molecule is CC(C)Cn1c(N)c(C(=O)CSc2nnc(Cc3cccc4ccccc34)n2N)c(=O)n(C)c1=O. The zero-order chi connectivity index (χ0) is 25.3. The van der Waals surface area contributed by atoms with Crippen molar-refractivity contribution in [3.63, 3.8) is 0 Å². The highest BCUT2D eigenvalue weighted by Crippen LogP contribution is 2.23. The van der Waals surface area contributed by atoms with E-state index in [1.807, 2.05) is 56.3 Å². The molecule has 0 spiro atoms. The largest absolute Gasteiger partial charge is 0.384 e. The van der Waals surface area contributed by atoms with Crippen molar-refractivity contribution in [1.29, 1.82) is 0 Å². The number of carbonyl (C=O) groups excluding carboxylic acids is 1. The minimum Gasteiger partial charge on any atom is -0.384 e. The van der Waals surface area contributed by atoms with Gasteiger partial charge in [-0.3, -0.25) is 18.7 Å². The highest BCUT2D eigenvalue weighted by atomic mass is 32.2. The highest BCUT2D eigenvalue weighted by Gasteiger charge is 2.23. The summed E-state index contributed by atoms with van der Waals surface area (Å²) in [5, 5.41) is 10.9. The van der Waals surface area contributed by atoms with Crippen LogP contribution in [0.1, 0.15) is 35.6 Å².